The molecule has 1 heterocycles. The van der Waals surface area contributed by atoms with Crippen molar-refractivity contribution < 1.29 is 0 Å². The van der Waals surface area contributed by atoms with Gasteiger partial charge in [0.05, 0.1) is 0 Å². The van der Waals surface area contributed by atoms with E-state index in [4.69, 9.17) is 0 Å². The van der Waals surface area contributed by atoms with Crippen LogP contribution in [-0.2, 0) is 0 Å². The molecule has 0 aromatic heterocycles. The fourth-order valence-corrected chi connectivity index (χ4v) is 2.22. The predicted octanol–water partition coefficient (Wildman–Crippen LogP) is 2.84. The highest BCUT2D eigenvalue weighted by atomic mass is 35.5. The van der Waals surface area contributed by atoms with Crippen molar-refractivity contribution in [2.75, 3.05) is 13.1 Å². The highest BCUT2D eigenvalue weighted by molar-refractivity contribution is 5.85. The molecule has 0 unspecified atom stereocenters. The molecule has 1 N–H and O–H groups in total. The molecule has 1 nitrogen and oxygen atoms in total. The summed E-state index contributed by atoms with van der Waals surface area (Å²) in [5, 5.41) is 3.41. The molecule has 0 aromatic carbocycles. The Morgan fingerprint density at radius 2 is 1.75 bits per heavy atom. The van der Waals surface area contributed by atoms with Crippen LogP contribution in [0, 0.1) is 11.3 Å². The lowest BCUT2D eigenvalue weighted by molar-refractivity contribution is 0.186. The number of nitrogens with one attached hydrogen (secondary N) is 1. The van der Waals surface area contributed by atoms with Crippen LogP contribution in [0.5, 0.6) is 0 Å². The van der Waals surface area contributed by atoms with Gasteiger partial charge >= 0.3 is 0 Å². The van der Waals surface area contributed by atoms with Gasteiger partial charge in [0.1, 0.15) is 0 Å². The number of hydrogen-bond donors (Lipinski definition) is 1. The molecule has 0 aromatic rings. The van der Waals surface area contributed by atoms with Gasteiger partial charge in [0.2, 0.25) is 0 Å². The molecule has 1 aliphatic rings. The molecule has 0 aliphatic carbocycles. The highest BCUT2D eigenvalue weighted by Crippen LogP contribution is 2.34. The smallest absolute Gasteiger partial charge is 0.00437 e. The second-order valence-corrected chi connectivity index (χ2v) is 4.66. The van der Waals surface area contributed by atoms with E-state index in [-0.39, 0.29) is 12.4 Å². The Labute approximate surface area is 82.7 Å². The predicted molar refractivity (Wildman–Crippen MR) is 56.9 cm³/mol. The molecule has 0 atom stereocenters. The zero-order chi connectivity index (χ0) is 8.32. The summed E-state index contributed by atoms with van der Waals surface area (Å²) in [6, 6.07) is 0. The van der Waals surface area contributed by atoms with Gasteiger partial charge in [0.25, 0.3) is 0 Å². The second kappa shape index (κ2) is 5.08. The molecule has 1 saturated heterocycles. The molecule has 1 rings (SSSR count). The number of piperidine rings is 1. The Balaban J connectivity index is 0.00000121. The fourth-order valence-electron chi connectivity index (χ4n) is 2.22. The number of halogens is 1. The molecular weight excluding hydrogens is 170 g/mol. The Morgan fingerprint density at radius 1 is 1.25 bits per heavy atom. The summed E-state index contributed by atoms with van der Waals surface area (Å²) < 4.78 is 0. The van der Waals surface area contributed by atoms with E-state index in [9.17, 15) is 0 Å². The van der Waals surface area contributed by atoms with Gasteiger partial charge in [-0.05, 0) is 43.7 Å². The van der Waals surface area contributed by atoms with Crippen molar-refractivity contribution in [3.8, 4) is 0 Å². The van der Waals surface area contributed by atoms with Crippen molar-refractivity contribution >= 4 is 12.4 Å². The summed E-state index contributed by atoms with van der Waals surface area (Å²) >= 11 is 0. The normalized spacial score (nSPS) is 22.0. The molecule has 1 fully saturated rings. The maximum Gasteiger partial charge on any atom is -0.00437 e. The molecule has 0 saturated carbocycles. The fraction of sp³-hybridized carbons (Fsp3) is 1.00. The van der Waals surface area contributed by atoms with E-state index >= 15 is 0 Å². The molecule has 0 radical (unpaired) electrons. The third kappa shape index (κ3) is 3.77. The molecule has 1 aliphatic heterocycles. The van der Waals surface area contributed by atoms with Crippen molar-refractivity contribution in [3.63, 3.8) is 0 Å². The first-order valence-corrected chi connectivity index (χ1v) is 4.83. The first-order chi connectivity index (χ1) is 5.12. The number of rotatable bonds is 2. The van der Waals surface area contributed by atoms with E-state index in [1.807, 2.05) is 0 Å². The van der Waals surface area contributed by atoms with Gasteiger partial charge < -0.3 is 5.32 Å². The van der Waals surface area contributed by atoms with Gasteiger partial charge in [-0.3, -0.25) is 0 Å². The Kier molecular flexibility index (Phi) is 5.19. The maximum absolute atomic E-state index is 3.41. The van der Waals surface area contributed by atoms with Crippen LogP contribution < -0.4 is 5.32 Å². The van der Waals surface area contributed by atoms with Crippen molar-refractivity contribution in [2.24, 2.45) is 11.3 Å². The van der Waals surface area contributed by atoms with Crippen LogP contribution in [0.1, 0.15) is 40.0 Å². The standard InChI is InChI=1S/C10H21N.ClH/c1-9(2)8-10(3)4-6-11-7-5-10;/h9,11H,4-8H2,1-3H3;1H. The molecule has 2 heteroatoms. The zero-order valence-corrected chi connectivity index (χ0v) is 9.34. The van der Waals surface area contributed by atoms with Crippen molar-refractivity contribution in [1.82, 2.24) is 5.32 Å². The third-order valence-electron chi connectivity index (χ3n) is 2.71. The molecule has 0 bridgehead atoms. The average molecular weight is 192 g/mol. The molecule has 0 spiro atoms. The van der Waals surface area contributed by atoms with Crippen LogP contribution in [-0.4, -0.2) is 13.1 Å². The average Bonchev–Trinajstić information content (AvgIpc) is 1.85. The summed E-state index contributed by atoms with van der Waals surface area (Å²) in [5.41, 5.74) is 0.638. The lowest BCUT2D eigenvalue weighted by Gasteiger charge is -2.35. The van der Waals surface area contributed by atoms with Gasteiger partial charge in [-0.15, -0.1) is 12.4 Å². The minimum absolute atomic E-state index is 0. The second-order valence-electron chi connectivity index (χ2n) is 4.66. The third-order valence-corrected chi connectivity index (χ3v) is 2.71. The van der Waals surface area contributed by atoms with Crippen LogP contribution in [0.3, 0.4) is 0 Å². The monoisotopic (exact) mass is 191 g/mol. The van der Waals surface area contributed by atoms with Crippen LogP contribution in [0.4, 0.5) is 0 Å². The Bertz CT molecular complexity index is 117. The Morgan fingerprint density at radius 3 is 2.17 bits per heavy atom. The van der Waals surface area contributed by atoms with Gasteiger partial charge in [-0.2, -0.15) is 0 Å². The van der Waals surface area contributed by atoms with Gasteiger partial charge in [0, 0.05) is 0 Å². The Hall–Kier alpha value is 0.250. The topological polar surface area (TPSA) is 12.0 Å². The quantitative estimate of drug-likeness (QED) is 0.708. The minimum Gasteiger partial charge on any atom is -0.317 e. The van der Waals surface area contributed by atoms with Crippen LogP contribution in [0.15, 0.2) is 0 Å². The molecular formula is C10H22ClN. The lowest BCUT2D eigenvalue weighted by Crippen LogP contribution is -2.35. The number of hydrogen-bond acceptors (Lipinski definition) is 1. The van der Waals surface area contributed by atoms with Gasteiger partial charge in [0.15, 0.2) is 0 Å². The zero-order valence-electron chi connectivity index (χ0n) is 8.52. The van der Waals surface area contributed by atoms with Crippen molar-refractivity contribution in [3.05, 3.63) is 0 Å². The molecule has 0 amide bonds. The molecule has 74 valence electrons. The van der Waals surface area contributed by atoms with E-state index in [1.54, 1.807) is 0 Å². The first-order valence-electron chi connectivity index (χ1n) is 4.83. The van der Waals surface area contributed by atoms with Gasteiger partial charge in [-0.1, -0.05) is 20.8 Å². The van der Waals surface area contributed by atoms with Gasteiger partial charge in [-0.25, -0.2) is 0 Å². The largest absolute Gasteiger partial charge is 0.317 e. The van der Waals surface area contributed by atoms with Crippen molar-refractivity contribution in [2.45, 2.75) is 40.0 Å². The highest BCUT2D eigenvalue weighted by Gasteiger charge is 2.26. The summed E-state index contributed by atoms with van der Waals surface area (Å²) in [6.45, 7) is 9.54. The molecule has 12 heavy (non-hydrogen) atoms. The van der Waals surface area contributed by atoms with Crippen molar-refractivity contribution in [1.29, 1.82) is 0 Å². The summed E-state index contributed by atoms with van der Waals surface area (Å²) in [6.07, 6.45) is 4.13. The maximum atomic E-state index is 3.41. The van der Waals surface area contributed by atoms with Crippen LogP contribution >= 0.6 is 12.4 Å². The minimum atomic E-state index is 0. The van der Waals surface area contributed by atoms with E-state index in [0.29, 0.717) is 5.41 Å². The van der Waals surface area contributed by atoms with Crippen LogP contribution in [0.2, 0.25) is 0 Å². The first kappa shape index (κ1) is 12.2. The van der Waals surface area contributed by atoms with E-state index in [2.05, 4.69) is 26.1 Å². The van der Waals surface area contributed by atoms with E-state index in [0.717, 1.165) is 5.92 Å². The SMILES string of the molecule is CC(C)CC1(C)CCNCC1.Cl. The summed E-state index contributed by atoms with van der Waals surface area (Å²) in [5.74, 6) is 0.859. The lowest BCUT2D eigenvalue weighted by atomic mass is 9.75. The summed E-state index contributed by atoms with van der Waals surface area (Å²) in [4.78, 5) is 0. The summed E-state index contributed by atoms with van der Waals surface area (Å²) in [7, 11) is 0. The van der Waals surface area contributed by atoms with E-state index in [1.165, 1.54) is 32.4 Å². The van der Waals surface area contributed by atoms with E-state index < -0.39 is 0 Å². The van der Waals surface area contributed by atoms with Crippen LogP contribution in [0.25, 0.3) is 0 Å².